The van der Waals surface area contributed by atoms with Gasteiger partial charge in [-0.3, -0.25) is 4.90 Å². The first-order valence-electron chi connectivity index (χ1n) is 6.24. The molecule has 0 bridgehead atoms. The zero-order valence-corrected chi connectivity index (χ0v) is 11.0. The van der Waals surface area contributed by atoms with Crippen LogP contribution in [0.5, 0.6) is 0 Å². The van der Waals surface area contributed by atoms with Gasteiger partial charge in [0.1, 0.15) is 0 Å². The van der Waals surface area contributed by atoms with Gasteiger partial charge in [-0.05, 0) is 37.1 Å². The van der Waals surface area contributed by atoms with Crippen LogP contribution in [-0.4, -0.2) is 40.8 Å². The van der Waals surface area contributed by atoms with Gasteiger partial charge < -0.3 is 10.2 Å². The van der Waals surface area contributed by atoms with Crippen LogP contribution in [0.3, 0.4) is 0 Å². The molecule has 0 fully saturated rings. The Hall–Kier alpha value is -1.39. The van der Waals surface area contributed by atoms with Gasteiger partial charge in [0, 0.05) is 19.7 Å². The number of aromatic carboxylic acids is 1. The van der Waals surface area contributed by atoms with Crippen molar-refractivity contribution < 1.29 is 15.0 Å². The molecule has 0 unspecified atom stereocenters. The third kappa shape index (κ3) is 4.13. The molecule has 0 amide bonds. The summed E-state index contributed by atoms with van der Waals surface area (Å²) >= 11 is 0. The normalized spacial score (nSPS) is 10.9. The van der Waals surface area contributed by atoms with Gasteiger partial charge in [0.15, 0.2) is 0 Å². The molecule has 0 atom stereocenters. The fourth-order valence-electron chi connectivity index (χ4n) is 1.90. The van der Waals surface area contributed by atoms with Crippen LogP contribution in [0.25, 0.3) is 0 Å². The van der Waals surface area contributed by atoms with Crippen molar-refractivity contribution in [3.8, 4) is 0 Å². The molecule has 4 nitrogen and oxygen atoms in total. The molecule has 0 aromatic heterocycles. The van der Waals surface area contributed by atoms with Gasteiger partial charge in [-0.1, -0.05) is 19.1 Å². The molecule has 2 N–H and O–H groups in total. The summed E-state index contributed by atoms with van der Waals surface area (Å²) in [5.41, 5.74) is 2.15. The number of hydrogen-bond acceptors (Lipinski definition) is 3. The fourth-order valence-corrected chi connectivity index (χ4v) is 1.90. The van der Waals surface area contributed by atoms with Crippen LogP contribution in [0, 0.1) is 6.92 Å². The number of carbonyl (C=O) groups is 1. The molecule has 0 aliphatic heterocycles. The third-order valence-electron chi connectivity index (χ3n) is 3.02. The zero-order chi connectivity index (χ0) is 13.5. The standard InChI is InChI=1S/C14H21NO3/c1-3-15(7-4-8-16)10-12-6-5-11(2)13(9-12)14(17)18/h5-6,9,16H,3-4,7-8,10H2,1-2H3,(H,17,18). The van der Waals surface area contributed by atoms with Gasteiger partial charge in [0.2, 0.25) is 0 Å². The van der Waals surface area contributed by atoms with Crippen molar-refractivity contribution in [3.63, 3.8) is 0 Å². The van der Waals surface area contributed by atoms with Gasteiger partial charge in [-0.15, -0.1) is 0 Å². The summed E-state index contributed by atoms with van der Waals surface area (Å²) in [6, 6.07) is 5.54. The summed E-state index contributed by atoms with van der Waals surface area (Å²) < 4.78 is 0. The van der Waals surface area contributed by atoms with E-state index in [0.717, 1.165) is 37.2 Å². The van der Waals surface area contributed by atoms with Crippen molar-refractivity contribution in [1.82, 2.24) is 4.90 Å². The van der Waals surface area contributed by atoms with E-state index in [9.17, 15) is 4.79 Å². The monoisotopic (exact) mass is 251 g/mol. The van der Waals surface area contributed by atoms with Gasteiger partial charge >= 0.3 is 5.97 Å². The average molecular weight is 251 g/mol. The molecule has 4 heteroatoms. The maximum Gasteiger partial charge on any atom is 0.335 e. The van der Waals surface area contributed by atoms with Crippen LogP contribution in [0.1, 0.15) is 34.8 Å². The summed E-state index contributed by atoms with van der Waals surface area (Å²) in [6.07, 6.45) is 0.742. The predicted molar refractivity (Wildman–Crippen MR) is 70.8 cm³/mol. The molecule has 1 rings (SSSR count). The summed E-state index contributed by atoms with van der Waals surface area (Å²) in [5, 5.41) is 17.9. The molecular formula is C14H21NO3. The minimum Gasteiger partial charge on any atom is -0.478 e. The Bertz CT molecular complexity index is 404. The summed E-state index contributed by atoms with van der Waals surface area (Å²) in [5.74, 6) is -0.882. The Labute approximate surface area is 108 Å². The number of aliphatic hydroxyl groups is 1. The SMILES string of the molecule is CCN(CCCO)Cc1ccc(C)c(C(=O)O)c1. The van der Waals surface area contributed by atoms with Crippen molar-refractivity contribution in [2.24, 2.45) is 0 Å². The van der Waals surface area contributed by atoms with Gasteiger partial charge in [0.25, 0.3) is 0 Å². The van der Waals surface area contributed by atoms with Crippen LogP contribution in [0.4, 0.5) is 0 Å². The van der Waals surface area contributed by atoms with Crippen molar-refractivity contribution in [1.29, 1.82) is 0 Å². The van der Waals surface area contributed by atoms with Crippen LogP contribution in [0.2, 0.25) is 0 Å². The number of benzene rings is 1. The molecule has 0 spiro atoms. The summed E-state index contributed by atoms with van der Waals surface area (Å²) in [4.78, 5) is 13.2. The number of hydrogen-bond donors (Lipinski definition) is 2. The summed E-state index contributed by atoms with van der Waals surface area (Å²) in [6.45, 7) is 6.47. The van der Waals surface area contributed by atoms with Crippen molar-refractivity contribution in [2.75, 3.05) is 19.7 Å². The zero-order valence-electron chi connectivity index (χ0n) is 11.0. The third-order valence-corrected chi connectivity index (χ3v) is 3.02. The first kappa shape index (κ1) is 14.7. The Morgan fingerprint density at radius 2 is 2.11 bits per heavy atom. The predicted octanol–water partition coefficient (Wildman–Crippen LogP) is 1.90. The molecule has 0 radical (unpaired) electrons. The first-order chi connectivity index (χ1) is 8.58. The van der Waals surface area contributed by atoms with E-state index in [1.807, 2.05) is 12.1 Å². The number of nitrogens with zero attached hydrogens (tertiary/aromatic N) is 1. The molecule has 0 aliphatic carbocycles. The highest BCUT2D eigenvalue weighted by atomic mass is 16.4. The van der Waals surface area contributed by atoms with E-state index >= 15 is 0 Å². The van der Waals surface area contributed by atoms with Gasteiger partial charge in [-0.2, -0.15) is 0 Å². The Kier molecular flexibility index (Phi) is 5.82. The average Bonchev–Trinajstić information content (AvgIpc) is 2.36. The van der Waals surface area contributed by atoms with Crippen LogP contribution in [-0.2, 0) is 6.54 Å². The number of aliphatic hydroxyl groups excluding tert-OH is 1. The lowest BCUT2D eigenvalue weighted by atomic mass is 10.0. The van der Waals surface area contributed by atoms with Crippen molar-refractivity contribution in [2.45, 2.75) is 26.8 Å². The molecular weight excluding hydrogens is 230 g/mol. The quantitative estimate of drug-likeness (QED) is 0.777. The molecule has 0 heterocycles. The number of carboxylic acid groups (broad SMARTS) is 1. The highest BCUT2D eigenvalue weighted by molar-refractivity contribution is 5.89. The molecule has 0 aliphatic rings. The Morgan fingerprint density at radius 3 is 2.67 bits per heavy atom. The lowest BCUT2D eigenvalue weighted by Gasteiger charge is -2.20. The fraction of sp³-hybridized carbons (Fsp3) is 0.500. The second kappa shape index (κ2) is 7.13. The van der Waals surface area contributed by atoms with Crippen LogP contribution < -0.4 is 0 Å². The van der Waals surface area contributed by atoms with Crippen molar-refractivity contribution >= 4 is 5.97 Å². The van der Waals surface area contributed by atoms with Crippen LogP contribution >= 0.6 is 0 Å². The maximum atomic E-state index is 11.1. The first-order valence-corrected chi connectivity index (χ1v) is 6.24. The van der Waals surface area contributed by atoms with Crippen LogP contribution in [0.15, 0.2) is 18.2 Å². The van der Waals surface area contributed by atoms with E-state index in [1.165, 1.54) is 0 Å². The van der Waals surface area contributed by atoms with E-state index in [4.69, 9.17) is 10.2 Å². The summed E-state index contributed by atoms with van der Waals surface area (Å²) in [7, 11) is 0. The molecule has 1 aromatic carbocycles. The smallest absolute Gasteiger partial charge is 0.335 e. The second-order valence-electron chi connectivity index (χ2n) is 4.40. The number of rotatable bonds is 7. The molecule has 0 saturated carbocycles. The molecule has 100 valence electrons. The van der Waals surface area contributed by atoms with E-state index in [1.54, 1.807) is 13.0 Å². The molecule has 18 heavy (non-hydrogen) atoms. The van der Waals surface area contributed by atoms with Gasteiger partial charge in [0.05, 0.1) is 5.56 Å². The lowest BCUT2D eigenvalue weighted by molar-refractivity contribution is 0.0696. The Balaban J connectivity index is 2.77. The lowest BCUT2D eigenvalue weighted by Crippen LogP contribution is -2.24. The highest BCUT2D eigenvalue weighted by Gasteiger charge is 2.09. The largest absolute Gasteiger partial charge is 0.478 e. The topological polar surface area (TPSA) is 60.8 Å². The maximum absolute atomic E-state index is 11.1. The van der Waals surface area contributed by atoms with E-state index in [-0.39, 0.29) is 6.61 Å². The molecule has 0 saturated heterocycles. The minimum atomic E-state index is -0.882. The van der Waals surface area contributed by atoms with Crippen molar-refractivity contribution in [3.05, 3.63) is 34.9 Å². The molecule has 1 aromatic rings. The van der Waals surface area contributed by atoms with E-state index in [0.29, 0.717) is 5.56 Å². The second-order valence-corrected chi connectivity index (χ2v) is 4.40. The highest BCUT2D eigenvalue weighted by Crippen LogP contribution is 2.13. The van der Waals surface area contributed by atoms with Gasteiger partial charge in [-0.25, -0.2) is 4.79 Å². The Morgan fingerprint density at radius 1 is 1.39 bits per heavy atom. The number of carboxylic acids is 1. The number of aryl methyl sites for hydroxylation is 1. The minimum absolute atomic E-state index is 0.185. The van der Waals surface area contributed by atoms with E-state index in [2.05, 4.69) is 11.8 Å². The van der Waals surface area contributed by atoms with E-state index < -0.39 is 5.97 Å².